The predicted molar refractivity (Wildman–Crippen MR) is 66.9 cm³/mol. The maximum absolute atomic E-state index is 6.23. The number of fused-ring (bicyclic) bond motifs is 1. The third-order valence-corrected chi connectivity index (χ3v) is 3.82. The Morgan fingerprint density at radius 3 is 2.59 bits per heavy atom. The fourth-order valence-corrected chi connectivity index (χ4v) is 2.53. The SMILES string of the molecule is CNCCc1cc2c(cc1Cl)OC1(CCC1)O2. The van der Waals surface area contributed by atoms with Gasteiger partial charge >= 0.3 is 0 Å². The van der Waals surface area contributed by atoms with Crippen LogP contribution in [0.5, 0.6) is 11.5 Å². The smallest absolute Gasteiger partial charge is 0.251 e. The van der Waals surface area contributed by atoms with Crippen molar-refractivity contribution in [2.75, 3.05) is 13.6 Å². The summed E-state index contributed by atoms with van der Waals surface area (Å²) < 4.78 is 11.8. The number of rotatable bonds is 3. The molecule has 92 valence electrons. The second-order valence-electron chi connectivity index (χ2n) is 4.71. The maximum Gasteiger partial charge on any atom is 0.251 e. The zero-order valence-corrected chi connectivity index (χ0v) is 10.6. The lowest BCUT2D eigenvalue weighted by atomic mass is 9.91. The zero-order chi connectivity index (χ0) is 11.9. The summed E-state index contributed by atoms with van der Waals surface area (Å²) in [5.74, 6) is 1.27. The minimum Gasteiger partial charge on any atom is -0.448 e. The van der Waals surface area contributed by atoms with Crippen LogP contribution in [0.15, 0.2) is 12.1 Å². The van der Waals surface area contributed by atoms with Gasteiger partial charge in [-0.1, -0.05) is 11.6 Å². The molecule has 1 aliphatic heterocycles. The van der Waals surface area contributed by atoms with E-state index in [0.29, 0.717) is 0 Å². The largest absolute Gasteiger partial charge is 0.448 e. The number of benzene rings is 1. The van der Waals surface area contributed by atoms with Crippen molar-refractivity contribution in [1.82, 2.24) is 5.32 Å². The molecule has 0 unspecified atom stereocenters. The molecule has 3 nitrogen and oxygen atoms in total. The monoisotopic (exact) mass is 253 g/mol. The molecule has 0 atom stereocenters. The Balaban J connectivity index is 1.85. The summed E-state index contributed by atoms with van der Waals surface area (Å²) in [5, 5.41) is 3.88. The summed E-state index contributed by atoms with van der Waals surface area (Å²) in [5.41, 5.74) is 1.11. The molecular formula is C13H16ClNO2. The summed E-state index contributed by atoms with van der Waals surface area (Å²) in [6.07, 6.45) is 4.03. The van der Waals surface area contributed by atoms with Gasteiger partial charge < -0.3 is 14.8 Å². The van der Waals surface area contributed by atoms with Gasteiger partial charge in [0.2, 0.25) is 0 Å². The van der Waals surface area contributed by atoms with Crippen LogP contribution in [0.25, 0.3) is 0 Å². The second kappa shape index (κ2) is 4.07. The third-order valence-electron chi connectivity index (χ3n) is 3.46. The van der Waals surface area contributed by atoms with E-state index < -0.39 is 0 Å². The Hall–Kier alpha value is -0.930. The van der Waals surface area contributed by atoms with Crippen LogP contribution in [0.1, 0.15) is 24.8 Å². The van der Waals surface area contributed by atoms with Crippen molar-refractivity contribution in [2.24, 2.45) is 0 Å². The number of nitrogens with one attached hydrogen (secondary N) is 1. The average molecular weight is 254 g/mol. The molecule has 1 aromatic carbocycles. The molecule has 2 aliphatic rings. The molecule has 1 saturated carbocycles. The van der Waals surface area contributed by atoms with Gasteiger partial charge in [0, 0.05) is 23.9 Å². The first-order valence-corrected chi connectivity index (χ1v) is 6.45. The number of likely N-dealkylation sites (N-methyl/N-ethyl adjacent to an activating group) is 1. The van der Waals surface area contributed by atoms with Crippen molar-refractivity contribution in [3.63, 3.8) is 0 Å². The quantitative estimate of drug-likeness (QED) is 0.899. The maximum atomic E-state index is 6.23. The fourth-order valence-electron chi connectivity index (χ4n) is 2.28. The number of hydrogen-bond donors (Lipinski definition) is 1. The molecule has 1 aromatic rings. The average Bonchev–Trinajstić information content (AvgIpc) is 2.64. The van der Waals surface area contributed by atoms with E-state index in [-0.39, 0.29) is 5.79 Å². The van der Waals surface area contributed by atoms with Crippen LogP contribution in [0, 0.1) is 0 Å². The molecule has 0 amide bonds. The first-order valence-electron chi connectivity index (χ1n) is 6.07. The van der Waals surface area contributed by atoms with Crippen molar-refractivity contribution in [1.29, 1.82) is 0 Å². The number of halogens is 1. The van der Waals surface area contributed by atoms with E-state index in [4.69, 9.17) is 21.1 Å². The van der Waals surface area contributed by atoms with Crippen LogP contribution in [-0.4, -0.2) is 19.4 Å². The molecule has 3 rings (SSSR count). The van der Waals surface area contributed by atoms with E-state index in [1.165, 1.54) is 6.42 Å². The molecule has 1 fully saturated rings. The Labute approximate surface area is 106 Å². The lowest BCUT2D eigenvalue weighted by Gasteiger charge is -2.35. The molecule has 1 N–H and O–H groups in total. The normalized spacial score (nSPS) is 19.4. The van der Waals surface area contributed by atoms with Crippen LogP contribution >= 0.6 is 11.6 Å². The fraction of sp³-hybridized carbons (Fsp3) is 0.538. The zero-order valence-electron chi connectivity index (χ0n) is 9.88. The van der Waals surface area contributed by atoms with E-state index in [1.807, 2.05) is 19.2 Å². The van der Waals surface area contributed by atoms with Gasteiger partial charge in [0.1, 0.15) is 0 Å². The molecule has 1 aliphatic carbocycles. The highest BCUT2D eigenvalue weighted by atomic mass is 35.5. The third kappa shape index (κ3) is 1.87. The van der Waals surface area contributed by atoms with Crippen LogP contribution in [-0.2, 0) is 6.42 Å². The summed E-state index contributed by atoms with van der Waals surface area (Å²) in [6, 6.07) is 3.90. The van der Waals surface area contributed by atoms with Crippen molar-refractivity contribution < 1.29 is 9.47 Å². The highest BCUT2D eigenvalue weighted by Gasteiger charge is 2.47. The van der Waals surface area contributed by atoms with E-state index >= 15 is 0 Å². The number of hydrogen-bond acceptors (Lipinski definition) is 3. The van der Waals surface area contributed by atoms with E-state index in [2.05, 4.69) is 5.32 Å². The second-order valence-corrected chi connectivity index (χ2v) is 5.12. The lowest BCUT2D eigenvalue weighted by molar-refractivity contribution is -0.138. The molecule has 0 saturated heterocycles. The van der Waals surface area contributed by atoms with E-state index in [0.717, 1.165) is 47.9 Å². The Morgan fingerprint density at radius 1 is 1.29 bits per heavy atom. The summed E-state index contributed by atoms with van der Waals surface area (Å²) in [7, 11) is 1.93. The van der Waals surface area contributed by atoms with Gasteiger partial charge in [-0.25, -0.2) is 0 Å². The summed E-state index contributed by atoms with van der Waals surface area (Å²) in [6.45, 7) is 0.907. The molecule has 17 heavy (non-hydrogen) atoms. The van der Waals surface area contributed by atoms with E-state index in [9.17, 15) is 0 Å². The van der Waals surface area contributed by atoms with Gasteiger partial charge in [-0.05, 0) is 38.1 Å². The summed E-state index contributed by atoms with van der Waals surface area (Å²) in [4.78, 5) is 0. The van der Waals surface area contributed by atoms with Crippen LogP contribution in [0.4, 0.5) is 0 Å². The first kappa shape index (κ1) is 11.2. The van der Waals surface area contributed by atoms with Crippen LogP contribution in [0.3, 0.4) is 0 Å². The predicted octanol–water partition coefficient (Wildman–Crippen LogP) is 2.75. The minimum atomic E-state index is -0.368. The molecule has 1 spiro atoms. The topological polar surface area (TPSA) is 30.5 Å². The molecular weight excluding hydrogens is 238 g/mol. The van der Waals surface area contributed by atoms with Gasteiger partial charge in [0.05, 0.1) is 0 Å². The van der Waals surface area contributed by atoms with Gasteiger partial charge in [-0.15, -0.1) is 0 Å². The molecule has 0 radical (unpaired) electrons. The van der Waals surface area contributed by atoms with Crippen molar-refractivity contribution in [3.05, 3.63) is 22.7 Å². The molecule has 1 heterocycles. The highest BCUT2D eigenvalue weighted by Crippen LogP contribution is 2.49. The van der Waals surface area contributed by atoms with E-state index in [1.54, 1.807) is 0 Å². The summed E-state index contributed by atoms with van der Waals surface area (Å²) >= 11 is 6.23. The van der Waals surface area contributed by atoms with Crippen LogP contribution in [0.2, 0.25) is 5.02 Å². The van der Waals surface area contributed by atoms with Gasteiger partial charge in [-0.2, -0.15) is 0 Å². The molecule has 0 aromatic heterocycles. The van der Waals surface area contributed by atoms with Gasteiger partial charge in [-0.3, -0.25) is 0 Å². The van der Waals surface area contributed by atoms with Crippen molar-refractivity contribution in [3.8, 4) is 11.5 Å². The van der Waals surface area contributed by atoms with Crippen LogP contribution < -0.4 is 14.8 Å². The van der Waals surface area contributed by atoms with Gasteiger partial charge in [0.15, 0.2) is 11.5 Å². The minimum absolute atomic E-state index is 0.368. The number of ether oxygens (including phenoxy) is 2. The Morgan fingerprint density at radius 2 is 2.00 bits per heavy atom. The Kier molecular flexibility index (Phi) is 2.68. The van der Waals surface area contributed by atoms with Gasteiger partial charge in [0.25, 0.3) is 5.79 Å². The molecule has 0 bridgehead atoms. The molecule has 4 heteroatoms. The lowest BCUT2D eigenvalue weighted by Crippen LogP contribution is -2.45. The first-order chi connectivity index (χ1) is 8.22. The highest BCUT2D eigenvalue weighted by molar-refractivity contribution is 6.31. The Bertz CT molecular complexity index is 443. The van der Waals surface area contributed by atoms with Crippen molar-refractivity contribution >= 4 is 11.6 Å². The standard InChI is InChI=1S/C13H16ClNO2/c1-15-6-3-9-7-11-12(8-10(9)14)17-13(16-11)4-2-5-13/h7-8,15H,2-6H2,1H3. The van der Waals surface area contributed by atoms with Crippen molar-refractivity contribution in [2.45, 2.75) is 31.5 Å².